The predicted molar refractivity (Wildman–Crippen MR) is 257 cm³/mol. The average molecular weight is 1010 g/mol. The van der Waals surface area contributed by atoms with Gasteiger partial charge in [-0.25, -0.2) is 9.59 Å². The van der Waals surface area contributed by atoms with Gasteiger partial charge in [-0.15, -0.1) is 0 Å². The standard InChI is InChI=1S/C22H33ClO3Si.C17H29F3O6SSi.C6H6BClO2/c1-21(2,3)27(6,7)26-15-22(4)13-12-18(19(14-22)20(24)25-5)16-8-10-17(23)11-9-16;1-15(2,3)28(6,7)25-11-16(4)9-8-13(12(10-16)14(21)24-5)26-27(22,23)17(18,19)20;8-6-3-1-5(2-4-6)7(9)10/h8-11H,12-15H2,1-7H3;8-11H2,1-7H3;1-4,9-10H. The topological polar surface area (TPSA) is 155 Å². The quantitative estimate of drug-likeness (QED) is 0.0903. The van der Waals surface area contributed by atoms with Gasteiger partial charge in [-0.2, -0.15) is 21.6 Å². The Morgan fingerprint density at radius 2 is 1.09 bits per heavy atom. The van der Waals surface area contributed by atoms with Gasteiger partial charge in [-0.05, 0) is 120 Å². The maximum atomic E-state index is 12.6. The smallest absolute Gasteiger partial charge is 0.466 e. The van der Waals surface area contributed by atoms with Crippen molar-refractivity contribution in [3.63, 3.8) is 0 Å². The molecule has 2 unspecified atom stereocenters. The summed E-state index contributed by atoms with van der Waals surface area (Å²) >= 11 is 11.6. The Balaban J connectivity index is 0.000000369. The van der Waals surface area contributed by atoms with E-state index in [0.717, 1.165) is 36.7 Å². The highest BCUT2D eigenvalue weighted by Crippen LogP contribution is 2.47. The number of alkyl halides is 3. The normalized spacial score (nSPS) is 19.9. The largest absolute Gasteiger partial charge is 0.534 e. The molecule has 0 fully saturated rings. The first-order valence-corrected chi connectivity index (χ1v) is 29.2. The second-order valence-electron chi connectivity index (χ2n) is 20.3. The minimum Gasteiger partial charge on any atom is -0.466 e. The van der Waals surface area contributed by atoms with Crippen molar-refractivity contribution in [3.8, 4) is 0 Å². The maximum Gasteiger partial charge on any atom is 0.534 e. The summed E-state index contributed by atoms with van der Waals surface area (Å²) in [6.07, 6.45) is 2.66. The van der Waals surface area contributed by atoms with E-state index in [2.05, 4.69) is 83.6 Å². The maximum absolute atomic E-state index is 12.6. The molecule has 0 radical (unpaired) electrons. The van der Waals surface area contributed by atoms with Gasteiger partial charge in [0.25, 0.3) is 0 Å². The summed E-state index contributed by atoms with van der Waals surface area (Å²) in [7, 11) is -8.64. The van der Waals surface area contributed by atoms with E-state index in [1.54, 1.807) is 24.3 Å². The molecular weight excluding hydrogens is 943 g/mol. The van der Waals surface area contributed by atoms with Crippen LogP contribution in [-0.4, -0.2) is 87.1 Å². The van der Waals surface area contributed by atoms with Crippen molar-refractivity contribution in [2.24, 2.45) is 10.8 Å². The van der Waals surface area contributed by atoms with E-state index >= 15 is 0 Å². The fourth-order valence-electron chi connectivity index (χ4n) is 6.27. The van der Waals surface area contributed by atoms with Crippen LogP contribution in [0.25, 0.3) is 5.57 Å². The number of carbonyl (C=O) groups is 2. The van der Waals surface area contributed by atoms with Crippen molar-refractivity contribution >= 4 is 80.0 Å². The number of carbonyl (C=O) groups excluding carboxylic acids is 2. The lowest BCUT2D eigenvalue weighted by Gasteiger charge is -2.42. The molecule has 2 N–H and O–H groups in total. The van der Waals surface area contributed by atoms with Gasteiger partial charge in [-0.3, -0.25) is 0 Å². The molecule has 2 aromatic rings. The van der Waals surface area contributed by atoms with Crippen molar-refractivity contribution < 1.29 is 63.7 Å². The highest BCUT2D eigenvalue weighted by atomic mass is 35.5. The predicted octanol–water partition coefficient (Wildman–Crippen LogP) is 11.0. The molecule has 0 heterocycles. The summed E-state index contributed by atoms with van der Waals surface area (Å²) in [5.74, 6) is -1.67. The molecule has 65 heavy (non-hydrogen) atoms. The third-order valence-corrected chi connectivity index (χ3v) is 23.2. The van der Waals surface area contributed by atoms with E-state index in [9.17, 15) is 31.2 Å². The van der Waals surface area contributed by atoms with Gasteiger partial charge >= 0.3 is 34.7 Å². The molecule has 0 aromatic heterocycles. The van der Waals surface area contributed by atoms with Crippen molar-refractivity contribution in [1.29, 1.82) is 0 Å². The minimum absolute atomic E-state index is 0.00297. The Morgan fingerprint density at radius 1 is 0.708 bits per heavy atom. The van der Waals surface area contributed by atoms with Gasteiger partial charge in [0, 0.05) is 35.3 Å². The Kier molecular flexibility index (Phi) is 20.3. The zero-order valence-corrected chi connectivity index (χ0v) is 44.5. The van der Waals surface area contributed by atoms with E-state index in [4.69, 9.17) is 46.8 Å². The molecule has 2 aromatic carbocycles. The zero-order chi connectivity index (χ0) is 50.2. The number of hydrogen-bond acceptors (Lipinski definition) is 11. The van der Waals surface area contributed by atoms with E-state index < -0.39 is 56.5 Å². The van der Waals surface area contributed by atoms with Crippen LogP contribution in [0.4, 0.5) is 13.2 Å². The fourth-order valence-corrected chi connectivity index (χ4v) is 9.35. The van der Waals surface area contributed by atoms with Gasteiger partial charge < -0.3 is 32.6 Å². The Labute approximate surface area is 396 Å². The summed E-state index contributed by atoms with van der Waals surface area (Å²) in [6.45, 7) is 26.7. The van der Waals surface area contributed by atoms with Gasteiger partial charge in [0.1, 0.15) is 5.76 Å². The summed E-state index contributed by atoms with van der Waals surface area (Å²) in [5, 5.41) is 18.7. The minimum atomic E-state index is -5.85. The summed E-state index contributed by atoms with van der Waals surface area (Å²) < 4.78 is 87.4. The van der Waals surface area contributed by atoms with Crippen molar-refractivity contribution in [3.05, 3.63) is 81.0 Å². The van der Waals surface area contributed by atoms with Crippen LogP contribution in [0, 0.1) is 10.8 Å². The number of ether oxygens (including phenoxy) is 2. The zero-order valence-electron chi connectivity index (χ0n) is 40.2. The molecule has 366 valence electrons. The molecule has 0 saturated carbocycles. The molecule has 2 atom stereocenters. The van der Waals surface area contributed by atoms with E-state index in [1.165, 1.54) is 7.11 Å². The molecule has 0 amide bonds. The molecule has 0 saturated heterocycles. The van der Waals surface area contributed by atoms with Gasteiger partial charge in [-0.1, -0.05) is 103 Å². The number of halogens is 5. The van der Waals surface area contributed by atoms with Crippen LogP contribution >= 0.6 is 23.2 Å². The Morgan fingerprint density at radius 3 is 1.48 bits per heavy atom. The lowest BCUT2D eigenvalue weighted by atomic mass is 9.72. The second kappa shape index (κ2) is 22.6. The van der Waals surface area contributed by atoms with Crippen molar-refractivity contribution in [2.45, 2.75) is 136 Å². The van der Waals surface area contributed by atoms with E-state index in [1.807, 2.05) is 31.2 Å². The number of methoxy groups -OCH3 is 2. The van der Waals surface area contributed by atoms with E-state index in [-0.39, 0.29) is 39.9 Å². The molecule has 20 heteroatoms. The molecule has 2 aliphatic carbocycles. The summed E-state index contributed by atoms with van der Waals surface area (Å²) in [6, 6.07) is 14.0. The van der Waals surface area contributed by atoms with Crippen LogP contribution in [0.2, 0.25) is 46.3 Å². The lowest BCUT2D eigenvalue weighted by molar-refractivity contribution is -0.137. The lowest BCUT2D eigenvalue weighted by Crippen LogP contribution is -2.44. The Bertz CT molecular complexity index is 2120. The van der Waals surface area contributed by atoms with Crippen LogP contribution in [0.15, 0.2) is 65.4 Å². The first-order valence-electron chi connectivity index (χ1n) is 21.2. The third kappa shape index (κ3) is 16.8. The fraction of sp³-hybridized carbons (Fsp3) is 0.600. The number of esters is 2. The van der Waals surface area contributed by atoms with Crippen molar-refractivity contribution in [2.75, 3.05) is 27.4 Å². The number of allylic oxidation sites excluding steroid dienone is 2. The summed E-state index contributed by atoms with van der Waals surface area (Å²) in [4.78, 5) is 24.6. The first kappa shape index (κ1) is 58.4. The Hall–Kier alpha value is -2.68. The number of benzene rings is 2. The van der Waals surface area contributed by atoms with Crippen LogP contribution < -0.4 is 5.46 Å². The van der Waals surface area contributed by atoms with Crippen molar-refractivity contribution in [1.82, 2.24) is 0 Å². The highest BCUT2D eigenvalue weighted by Gasteiger charge is 2.50. The number of rotatable bonds is 12. The molecule has 4 rings (SSSR count). The van der Waals surface area contributed by atoms with Crippen LogP contribution in [-0.2, 0) is 42.2 Å². The van der Waals surface area contributed by atoms with E-state index in [0.29, 0.717) is 41.6 Å². The first-order chi connectivity index (χ1) is 29.4. The molecule has 0 aliphatic heterocycles. The third-order valence-electron chi connectivity index (χ3n) is 12.7. The SMILES string of the molecule is COC(=O)C1=C(OS(=O)(=O)C(F)(F)F)CCC(C)(CO[Si](C)(C)C(C)(C)C)C1.COC(=O)C1=C(c2ccc(Cl)cc2)CCC(C)(CO[Si](C)(C)C(C)(C)C)C1.OB(O)c1ccc(Cl)cc1. The van der Waals surface area contributed by atoms with Gasteiger partial charge in [0.2, 0.25) is 0 Å². The average Bonchev–Trinajstić information content (AvgIpc) is 3.19. The molecular formula is C45H68BCl2F3O11SSi2. The molecule has 2 aliphatic rings. The van der Waals surface area contributed by atoms with Crippen LogP contribution in [0.3, 0.4) is 0 Å². The highest BCUT2D eigenvalue weighted by molar-refractivity contribution is 7.87. The molecule has 0 bridgehead atoms. The molecule has 11 nitrogen and oxygen atoms in total. The number of hydrogen-bond donors (Lipinski definition) is 2. The van der Waals surface area contributed by atoms with Gasteiger partial charge in [0.15, 0.2) is 16.6 Å². The monoisotopic (exact) mass is 1010 g/mol. The van der Waals surface area contributed by atoms with Gasteiger partial charge in [0.05, 0.1) is 19.8 Å². The van der Waals surface area contributed by atoms with Crippen LogP contribution in [0.1, 0.15) is 99.5 Å². The summed E-state index contributed by atoms with van der Waals surface area (Å²) in [5.41, 5.74) is -3.06. The second-order valence-corrected chi connectivity index (χ2v) is 32.4. The molecule has 0 spiro atoms. The van der Waals surface area contributed by atoms with Crippen LogP contribution in [0.5, 0.6) is 0 Å².